The Labute approximate surface area is 74.1 Å². The van der Waals surface area contributed by atoms with Gasteiger partial charge in [0.15, 0.2) is 0 Å². The predicted octanol–water partition coefficient (Wildman–Crippen LogP) is 1.25. The van der Waals surface area contributed by atoms with Crippen molar-refractivity contribution in [1.29, 1.82) is 0 Å². The van der Waals surface area contributed by atoms with Gasteiger partial charge in [0.1, 0.15) is 12.3 Å². The van der Waals surface area contributed by atoms with Gasteiger partial charge in [-0.3, -0.25) is 0 Å². The third kappa shape index (κ3) is 1.61. The molecule has 1 aliphatic rings. The first-order valence-corrected chi connectivity index (χ1v) is 4.12. The summed E-state index contributed by atoms with van der Waals surface area (Å²) in [5.41, 5.74) is 0. The maximum atomic E-state index is 10.3. The zero-order valence-corrected chi connectivity index (χ0v) is 6.90. The molecule has 0 radical (unpaired) electrons. The Hall–Kier alpha value is -1.59. The van der Waals surface area contributed by atoms with Crippen molar-refractivity contribution in [3.8, 4) is 6.01 Å². The average Bonchev–Trinajstić information content (AvgIpc) is 2.44. The smallest absolute Gasteiger partial charge is 0.388 e. The molecule has 13 heavy (non-hydrogen) atoms. The van der Waals surface area contributed by atoms with Crippen LogP contribution >= 0.6 is 0 Å². The van der Waals surface area contributed by atoms with Crippen LogP contribution in [0.3, 0.4) is 0 Å². The molecule has 0 aliphatic heterocycles. The van der Waals surface area contributed by atoms with E-state index in [1.165, 1.54) is 0 Å². The number of imidazole rings is 1. The minimum absolute atomic E-state index is 0.130. The van der Waals surface area contributed by atoms with E-state index in [2.05, 4.69) is 9.97 Å². The third-order valence-corrected chi connectivity index (χ3v) is 2.07. The zero-order valence-electron chi connectivity index (χ0n) is 6.90. The van der Waals surface area contributed by atoms with E-state index in [0.29, 0.717) is 0 Å². The Morgan fingerprint density at radius 2 is 2.46 bits per heavy atom. The lowest BCUT2D eigenvalue weighted by molar-refractivity contribution is -0.389. The van der Waals surface area contributed by atoms with Crippen molar-refractivity contribution in [2.45, 2.75) is 25.4 Å². The molecule has 70 valence electrons. The molecule has 0 aromatic carbocycles. The molecule has 0 unspecified atom stereocenters. The van der Waals surface area contributed by atoms with E-state index in [1.54, 1.807) is 0 Å². The average molecular weight is 183 g/mol. The first-order chi connectivity index (χ1) is 6.25. The summed E-state index contributed by atoms with van der Waals surface area (Å²) in [6.45, 7) is 0. The second-order valence-corrected chi connectivity index (χ2v) is 3.00. The summed E-state index contributed by atoms with van der Waals surface area (Å²) < 4.78 is 5.31. The van der Waals surface area contributed by atoms with E-state index in [1.807, 2.05) is 0 Å². The topological polar surface area (TPSA) is 81.1 Å². The second-order valence-electron chi connectivity index (χ2n) is 3.00. The molecule has 1 saturated carbocycles. The van der Waals surface area contributed by atoms with Gasteiger partial charge in [0.25, 0.3) is 0 Å². The van der Waals surface area contributed by atoms with Crippen molar-refractivity contribution in [3.05, 3.63) is 16.3 Å². The van der Waals surface area contributed by atoms with Gasteiger partial charge in [-0.15, -0.1) is 0 Å². The molecule has 0 spiro atoms. The fraction of sp³-hybridized carbons (Fsp3) is 0.571. The molecule has 1 heterocycles. The van der Waals surface area contributed by atoms with E-state index in [-0.39, 0.29) is 17.9 Å². The number of aromatic nitrogens is 2. The Morgan fingerprint density at radius 3 is 2.92 bits per heavy atom. The number of rotatable bonds is 3. The van der Waals surface area contributed by atoms with Crippen LogP contribution in [0.4, 0.5) is 5.82 Å². The quantitative estimate of drug-likeness (QED) is 0.564. The fourth-order valence-electron chi connectivity index (χ4n) is 1.09. The Morgan fingerprint density at radius 1 is 1.69 bits per heavy atom. The van der Waals surface area contributed by atoms with Crippen LogP contribution in [0.5, 0.6) is 6.01 Å². The fourth-order valence-corrected chi connectivity index (χ4v) is 1.09. The Kier molecular flexibility index (Phi) is 1.88. The van der Waals surface area contributed by atoms with Crippen molar-refractivity contribution in [1.82, 2.24) is 9.97 Å². The number of ether oxygens (including phenoxy) is 1. The standard InChI is InChI=1S/C7H9N3O3/c11-10(12)6-4-8-7(9-6)13-5-2-1-3-5/h4-5H,1-3H2,(H,8,9). The van der Waals surface area contributed by atoms with E-state index in [0.717, 1.165) is 25.5 Å². The van der Waals surface area contributed by atoms with E-state index in [9.17, 15) is 10.1 Å². The molecular formula is C7H9N3O3. The number of hydrogen-bond acceptors (Lipinski definition) is 4. The van der Waals surface area contributed by atoms with Gasteiger partial charge in [-0.05, 0) is 24.2 Å². The maximum absolute atomic E-state index is 10.3. The molecule has 1 N–H and O–H groups in total. The van der Waals surface area contributed by atoms with E-state index in [4.69, 9.17) is 4.74 Å². The number of H-pyrrole nitrogens is 1. The first kappa shape index (κ1) is 8.03. The highest BCUT2D eigenvalue weighted by molar-refractivity contribution is 5.18. The first-order valence-electron chi connectivity index (χ1n) is 4.12. The Bertz CT molecular complexity index is 319. The van der Waals surface area contributed by atoms with Gasteiger partial charge < -0.3 is 14.9 Å². The summed E-state index contributed by atoms with van der Waals surface area (Å²) >= 11 is 0. The minimum atomic E-state index is -0.527. The third-order valence-electron chi connectivity index (χ3n) is 2.07. The molecule has 6 nitrogen and oxygen atoms in total. The second kappa shape index (κ2) is 3.04. The van der Waals surface area contributed by atoms with Crippen molar-refractivity contribution >= 4 is 5.82 Å². The highest BCUT2D eigenvalue weighted by Gasteiger charge is 2.22. The van der Waals surface area contributed by atoms with Gasteiger partial charge in [0.2, 0.25) is 0 Å². The largest absolute Gasteiger partial charge is 0.444 e. The van der Waals surface area contributed by atoms with Gasteiger partial charge in [-0.25, -0.2) is 0 Å². The van der Waals surface area contributed by atoms with Crippen LogP contribution in [0.1, 0.15) is 19.3 Å². The summed E-state index contributed by atoms with van der Waals surface area (Å²) in [5.74, 6) is -0.130. The highest BCUT2D eigenvalue weighted by Crippen LogP contribution is 2.24. The lowest BCUT2D eigenvalue weighted by Crippen LogP contribution is -2.24. The normalized spacial score (nSPS) is 16.6. The van der Waals surface area contributed by atoms with Crippen LogP contribution in [0.2, 0.25) is 0 Å². The molecule has 1 aromatic rings. The van der Waals surface area contributed by atoms with Gasteiger partial charge in [-0.2, -0.15) is 9.97 Å². The molecule has 0 atom stereocenters. The van der Waals surface area contributed by atoms with Crippen molar-refractivity contribution in [3.63, 3.8) is 0 Å². The molecule has 2 rings (SSSR count). The lowest BCUT2D eigenvalue weighted by atomic mass is 9.96. The van der Waals surface area contributed by atoms with Gasteiger partial charge in [0.05, 0.1) is 0 Å². The van der Waals surface area contributed by atoms with E-state index < -0.39 is 4.92 Å². The molecule has 1 fully saturated rings. The summed E-state index contributed by atoms with van der Waals surface area (Å²) in [5, 5.41) is 10.3. The minimum Gasteiger partial charge on any atom is -0.444 e. The predicted molar refractivity (Wildman–Crippen MR) is 43.5 cm³/mol. The highest BCUT2D eigenvalue weighted by atomic mass is 16.6. The molecule has 1 aliphatic carbocycles. The number of hydrogen-bond donors (Lipinski definition) is 1. The summed E-state index contributed by atoms with van der Waals surface area (Å²) in [4.78, 5) is 16.0. The van der Waals surface area contributed by atoms with Crippen molar-refractivity contribution in [2.24, 2.45) is 0 Å². The maximum Gasteiger partial charge on any atom is 0.388 e. The summed E-state index contributed by atoms with van der Waals surface area (Å²) in [7, 11) is 0. The van der Waals surface area contributed by atoms with Crippen molar-refractivity contribution in [2.75, 3.05) is 0 Å². The lowest BCUT2D eigenvalue weighted by Gasteiger charge is -2.23. The summed E-state index contributed by atoms with van der Waals surface area (Å²) in [6, 6.07) is 0.247. The molecular weight excluding hydrogens is 174 g/mol. The Balaban J connectivity index is 2.00. The van der Waals surface area contributed by atoms with Gasteiger partial charge >= 0.3 is 11.8 Å². The van der Waals surface area contributed by atoms with Gasteiger partial charge in [0, 0.05) is 0 Å². The van der Waals surface area contributed by atoms with Crippen LogP contribution < -0.4 is 4.74 Å². The van der Waals surface area contributed by atoms with Crippen molar-refractivity contribution < 1.29 is 9.66 Å². The van der Waals surface area contributed by atoms with E-state index >= 15 is 0 Å². The van der Waals surface area contributed by atoms with Crippen LogP contribution in [0, 0.1) is 10.1 Å². The SMILES string of the molecule is O=[N+]([O-])c1cnc(OC2CCC2)[nH]1. The van der Waals surface area contributed by atoms with Crippen LogP contribution in [-0.4, -0.2) is 21.0 Å². The number of nitro groups is 1. The molecule has 6 heteroatoms. The number of aromatic amines is 1. The molecule has 1 aromatic heterocycles. The molecule has 0 amide bonds. The van der Waals surface area contributed by atoms with Crippen LogP contribution in [0.15, 0.2) is 6.20 Å². The van der Waals surface area contributed by atoms with Gasteiger partial charge in [-0.1, -0.05) is 0 Å². The summed E-state index contributed by atoms with van der Waals surface area (Å²) in [6.07, 6.45) is 4.52. The molecule has 0 saturated heterocycles. The number of nitrogens with zero attached hydrogens (tertiary/aromatic N) is 2. The number of nitrogens with one attached hydrogen (secondary N) is 1. The monoisotopic (exact) mass is 183 g/mol. The zero-order chi connectivity index (χ0) is 9.26. The van der Waals surface area contributed by atoms with Crippen LogP contribution in [0.25, 0.3) is 0 Å². The van der Waals surface area contributed by atoms with Crippen LogP contribution in [-0.2, 0) is 0 Å². The molecule has 0 bridgehead atoms.